The van der Waals surface area contributed by atoms with Gasteiger partial charge in [0.2, 0.25) is 5.88 Å². The smallest absolute Gasteiger partial charge is 0.219 e. The molecule has 1 aromatic carbocycles. The quantitative estimate of drug-likeness (QED) is 0.863. The molecule has 0 aliphatic rings. The maximum absolute atomic E-state index is 8.75. The molecule has 5 heteroatoms. The Morgan fingerprint density at radius 1 is 1.33 bits per heavy atom. The molecule has 4 nitrogen and oxygen atoms in total. The highest BCUT2D eigenvalue weighted by Crippen LogP contribution is 2.28. The number of nitrogens with zero attached hydrogens (tertiary/aromatic N) is 2. The van der Waals surface area contributed by atoms with Crippen molar-refractivity contribution in [2.24, 2.45) is 0 Å². The molecule has 0 radical (unpaired) electrons. The van der Waals surface area contributed by atoms with Crippen molar-refractivity contribution in [2.45, 2.75) is 6.92 Å². The summed E-state index contributed by atoms with van der Waals surface area (Å²) >= 11 is 3.37. The molecule has 18 heavy (non-hydrogen) atoms. The molecule has 0 saturated carbocycles. The van der Waals surface area contributed by atoms with Crippen molar-refractivity contribution in [3.05, 3.63) is 46.1 Å². The third-order valence-electron chi connectivity index (χ3n) is 2.35. The highest BCUT2D eigenvalue weighted by Gasteiger charge is 2.05. The van der Waals surface area contributed by atoms with Gasteiger partial charge in [-0.3, -0.25) is 0 Å². The van der Waals surface area contributed by atoms with E-state index in [9.17, 15) is 0 Å². The Bertz CT molecular complexity index is 635. The van der Waals surface area contributed by atoms with Crippen LogP contribution in [0.15, 0.2) is 34.8 Å². The van der Waals surface area contributed by atoms with E-state index < -0.39 is 0 Å². The molecule has 0 aliphatic carbocycles. The first kappa shape index (κ1) is 12.4. The number of hydrogen-bond acceptors (Lipinski definition) is 4. The van der Waals surface area contributed by atoms with Gasteiger partial charge in [-0.15, -0.1) is 0 Å². The largest absolute Gasteiger partial charge is 0.437 e. The minimum atomic E-state index is 0.413. The van der Waals surface area contributed by atoms with Gasteiger partial charge in [0.1, 0.15) is 0 Å². The van der Waals surface area contributed by atoms with Crippen LogP contribution in [0.3, 0.4) is 0 Å². The van der Waals surface area contributed by atoms with E-state index in [1.165, 1.54) is 0 Å². The van der Waals surface area contributed by atoms with Crippen LogP contribution in [-0.4, -0.2) is 4.98 Å². The molecule has 0 aliphatic heterocycles. The molecule has 0 atom stereocenters. The van der Waals surface area contributed by atoms with E-state index in [0.29, 0.717) is 22.9 Å². The third-order valence-corrected chi connectivity index (χ3v) is 3.19. The highest BCUT2D eigenvalue weighted by atomic mass is 79.9. The summed E-state index contributed by atoms with van der Waals surface area (Å²) in [6.07, 6.45) is 0. The number of halogens is 1. The summed E-state index contributed by atoms with van der Waals surface area (Å²) < 4.78 is 6.50. The van der Waals surface area contributed by atoms with Gasteiger partial charge in [-0.25, -0.2) is 4.98 Å². The van der Waals surface area contributed by atoms with E-state index >= 15 is 0 Å². The number of ether oxygens (including phenoxy) is 1. The zero-order chi connectivity index (χ0) is 13.1. The SMILES string of the molecule is Cc1nc(Oc2ccc(C#N)cc2N)ccc1Br. The fraction of sp³-hybridized carbons (Fsp3) is 0.0769. The first-order valence-electron chi connectivity index (χ1n) is 5.21. The second kappa shape index (κ2) is 5.07. The summed E-state index contributed by atoms with van der Waals surface area (Å²) in [6, 6.07) is 10.5. The second-order valence-electron chi connectivity index (χ2n) is 3.68. The predicted octanol–water partition coefficient (Wildman–Crippen LogP) is 3.40. The molecule has 0 spiro atoms. The van der Waals surface area contributed by atoms with Crippen LogP contribution in [0.1, 0.15) is 11.3 Å². The zero-order valence-corrected chi connectivity index (χ0v) is 11.2. The van der Waals surface area contributed by atoms with Crippen molar-refractivity contribution in [1.29, 1.82) is 5.26 Å². The van der Waals surface area contributed by atoms with Crippen LogP contribution in [0.5, 0.6) is 11.6 Å². The van der Waals surface area contributed by atoms with E-state index in [-0.39, 0.29) is 0 Å². The summed E-state index contributed by atoms with van der Waals surface area (Å²) in [4.78, 5) is 4.26. The van der Waals surface area contributed by atoms with Crippen LogP contribution < -0.4 is 10.5 Å². The van der Waals surface area contributed by atoms with E-state index in [1.54, 1.807) is 24.3 Å². The van der Waals surface area contributed by atoms with E-state index in [1.807, 2.05) is 19.1 Å². The second-order valence-corrected chi connectivity index (χ2v) is 4.54. The fourth-order valence-electron chi connectivity index (χ4n) is 1.40. The van der Waals surface area contributed by atoms with Gasteiger partial charge in [0.15, 0.2) is 5.75 Å². The average molecular weight is 304 g/mol. The molecule has 1 aromatic heterocycles. The number of anilines is 1. The summed E-state index contributed by atoms with van der Waals surface area (Å²) in [7, 11) is 0. The number of nitriles is 1. The molecule has 2 N–H and O–H groups in total. The van der Waals surface area contributed by atoms with Crippen molar-refractivity contribution in [1.82, 2.24) is 4.98 Å². The average Bonchev–Trinajstić information content (AvgIpc) is 2.36. The highest BCUT2D eigenvalue weighted by molar-refractivity contribution is 9.10. The standard InChI is InChI=1S/C13H10BrN3O/c1-8-10(14)3-5-13(17-8)18-12-4-2-9(7-15)6-11(12)16/h2-6H,16H2,1H3. The lowest BCUT2D eigenvalue weighted by Gasteiger charge is -2.08. The Hall–Kier alpha value is -2.06. The molecule has 0 amide bonds. The van der Waals surface area contributed by atoms with E-state index in [0.717, 1.165) is 10.2 Å². The Balaban J connectivity index is 2.29. The number of hydrogen-bond donors (Lipinski definition) is 1. The lowest BCUT2D eigenvalue weighted by Crippen LogP contribution is -1.95. The summed E-state index contributed by atoms with van der Waals surface area (Å²) in [6.45, 7) is 1.87. The van der Waals surface area contributed by atoms with Gasteiger partial charge >= 0.3 is 0 Å². The van der Waals surface area contributed by atoms with Gasteiger partial charge in [-0.05, 0) is 47.1 Å². The number of pyridine rings is 1. The van der Waals surface area contributed by atoms with Gasteiger partial charge in [-0.1, -0.05) is 0 Å². The summed E-state index contributed by atoms with van der Waals surface area (Å²) in [5.74, 6) is 0.954. The summed E-state index contributed by atoms with van der Waals surface area (Å²) in [5, 5.41) is 8.75. The zero-order valence-electron chi connectivity index (χ0n) is 9.64. The first-order chi connectivity index (χ1) is 8.60. The van der Waals surface area contributed by atoms with Crippen molar-refractivity contribution in [3.63, 3.8) is 0 Å². The Labute approximate surface area is 113 Å². The molecule has 1 heterocycles. The first-order valence-corrected chi connectivity index (χ1v) is 6.00. The van der Waals surface area contributed by atoms with Gasteiger partial charge in [0, 0.05) is 10.5 Å². The maximum atomic E-state index is 8.75. The Morgan fingerprint density at radius 3 is 2.72 bits per heavy atom. The third kappa shape index (κ3) is 2.60. The minimum absolute atomic E-state index is 0.413. The van der Waals surface area contributed by atoms with Crippen molar-refractivity contribution < 1.29 is 4.74 Å². The van der Waals surface area contributed by atoms with Gasteiger partial charge in [0.05, 0.1) is 23.0 Å². The van der Waals surface area contributed by atoms with E-state index in [4.69, 9.17) is 15.7 Å². The molecule has 90 valence electrons. The normalized spacial score (nSPS) is 9.83. The minimum Gasteiger partial charge on any atom is -0.437 e. The molecular weight excluding hydrogens is 294 g/mol. The Morgan fingerprint density at radius 2 is 2.11 bits per heavy atom. The molecule has 0 unspecified atom stereocenters. The Kier molecular flexibility index (Phi) is 3.49. The molecule has 2 aromatic rings. The van der Waals surface area contributed by atoms with Crippen LogP contribution >= 0.6 is 15.9 Å². The fourth-order valence-corrected chi connectivity index (χ4v) is 1.62. The maximum Gasteiger partial charge on any atom is 0.219 e. The van der Waals surface area contributed by atoms with Crippen LogP contribution in [-0.2, 0) is 0 Å². The lowest BCUT2D eigenvalue weighted by atomic mass is 10.2. The predicted molar refractivity (Wildman–Crippen MR) is 72.3 cm³/mol. The number of aryl methyl sites for hydroxylation is 1. The number of nitrogen functional groups attached to an aromatic ring is 1. The molecule has 0 saturated heterocycles. The van der Waals surface area contributed by atoms with Crippen LogP contribution in [0, 0.1) is 18.3 Å². The van der Waals surface area contributed by atoms with Crippen molar-refractivity contribution in [2.75, 3.05) is 5.73 Å². The van der Waals surface area contributed by atoms with Crippen molar-refractivity contribution in [3.8, 4) is 17.7 Å². The van der Waals surface area contributed by atoms with E-state index in [2.05, 4.69) is 20.9 Å². The van der Waals surface area contributed by atoms with Gasteiger partial charge < -0.3 is 10.5 Å². The summed E-state index contributed by atoms with van der Waals surface area (Å²) in [5.41, 5.74) is 7.55. The van der Waals surface area contributed by atoms with Gasteiger partial charge in [-0.2, -0.15) is 5.26 Å². The molecule has 0 fully saturated rings. The van der Waals surface area contributed by atoms with Crippen LogP contribution in [0.4, 0.5) is 5.69 Å². The topological polar surface area (TPSA) is 71.9 Å². The molecule has 0 bridgehead atoms. The van der Waals surface area contributed by atoms with Crippen LogP contribution in [0.2, 0.25) is 0 Å². The monoisotopic (exact) mass is 303 g/mol. The lowest BCUT2D eigenvalue weighted by molar-refractivity contribution is 0.463. The number of aromatic nitrogens is 1. The van der Waals surface area contributed by atoms with Crippen LogP contribution in [0.25, 0.3) is 0 Å². The number of benzene rings is 1. The molecule has 2 rings (SSSR count). The number of nitrogens with two attached hydrogens (primary N) is 1. The van der Waals surface area contributed by atoms with Gasteiger partial charge in [0.25, 0.3) is 0 Å². The number of rotatable bonds is 2. The molecular formula is C13H10BrN3O. The van der Waals surface area contributed by atoms with Crippen molar-refractivity contribution >= 4 is 21.6 Å².